The maximum Gasteiger partial charge on any atom is 0.256 e. The van der Waals surface area contributed by atoms with Crippen LogP contribution in [0, 0.1) is 0 Å². The highest BCUT2D eigenvalue weighted by Gasteiger charge is 2.20. The summed E-state index contributed by atoms with van der Waals surface area (Å²) in [5.74, 6) is -0.0270. The molecule has 35 heavy (non-hydrogen) atoms. The number of nitrogens with two attached hydrogens (primary N) is 1. The Morgan fingerprint density at radius 1 is 0.886 bits per heavy atom. The van der Waals surface area contributed by atoms with Crippen LogP contribution >= 0.6 is 12.4 Å². The lowest BCUT2D eigenvalue weighted by molar-refractivity contribution is 0.100. The summed E-state index contributed by atoms with van der Waals surface area (Å²) in [6, 6.07) is 21.2. The number of amides is 2. The molecule has 174 valence electrons. The molecule has 8 nitrogen and oxygen atoms in total. The Morgan fingerprint density at radius 2 is 1.69 bits per heavy atom. The fourth-order valence-corrected chi connectivity index (χ4v) is 3.66. The smallest absolute Gasteiger partial charge is 0.256 e. The highest BCUT2D eigenvalue weighted by molar-refractivity contribution is 6.13. The third-order valence-corrected chi connectivity index (χ3v) is 5.22. The molecule has 0 saturated carbocycles. The van der Waals surface area contributed by atoms with Crippen LogP contribution in [0.1, 0.15) is 20.7 Å². The largest absolute Gasteiger partial charge is 0.439 e. The lowest BCUT2D eigenvalue weighted by Gasteiger charge is -2.14. The number of nitrogens with zero attached hydrogens (tertiary/aromatic N) is 2. The van der Waals surface area contributed by atoms with Crippen LogP contribution in [0.4, 0.5) is 5.69 Å². The van der Waals surface area contributed by atoms with Crippen molar-refractivity contribution in [1.29, 1.82) is 0 Å². The Labute approximate surface area is 206 Å². The van der Waals surface area contributed by atoms with Crippen LogP contribution in [-0.4, -0.2) is 26.8 Å². The minimum Gasteiger partial charge on any atom is -0.439 e. The maximum absolute atomic E-state index is 13.2. The predicted molar refractivity (Wildman–Crippen MR) is 136 cm³/mol. The molecule has 0 aliphatic heterocycles. The number of ether oxygens (including phenoxy) is 1. The van der Waals surface area contributed by atoms with Gasteiger partial charge in [-0.05, 0) is 42.5 Å². The van der Waals surface area contributed by atoms with E-state index in [1.165, 1.54) is 0 Å². The summed E-state index contributed by atoms with van der Waals surface area (Å²) in [5.41, 5.74) is 8.31. The molecule has 0 unspecified atom stereocenters. The number of halogens is 1. The first kappa shape index (κ1) is 23.5. The molecule has 0 saturated heterocycles. The monoisotopic (exact) mass is 485 g/mol. The predicted octanol–water partition coefficient (Wildman–Crippen LogP) is 5.19. The minimum absolute atomic E-state index is 0. The van der Waals surface area contributed by atoms with Crippen molar-refractivity contribution < 1.29 is 14.3 Å². The van der Waals surface area contributed by atoms with Gasteiger partial charge in [0.05, 0.1) is 11.9 Å². The molecule has 2 aromatic carbocycles. The minimum atomic E-state index is -0.648. The summed E-state index contributed by atoms with van der Waals surface area (Å²) in [6.07, 6.45) is 4.88. The first-order valence-corrected chi connectivity index (χ1v) is 10.4. The third-order valence-electron chi connectivity index (χ3n) is 5.22. The van der Waals surface area contributed by atoms with Crippen molar-refractivity contribution in [3.05, 3.63) is 103 Å². The molecule has 0 spiro atoms. The van der Waals surface area contributed by atoms with E-state index in [4.69, 9.17) is 10.5 Å². The van der Waals surface area contributed by atoms with Gasteiger partial charge >= 0.3 is 0 Å². The van der Waals surface area contributed by atoms with Crippen LogP contribution in [0.3, 0.4) is 0 Å². The van der Waals surface area contributed by atoms with E-state index < -0.39 is 11.8 Å². The Hall–Kier alpha value is -4.69. The molecule has 0 bridgehead atoms. The van der Waals surface area contributed by atoms with E-state index in [0.717, 1.165) is 11.0 Å². The standard InChI is InChI=1S/C26H19N5O3.ClH/c27-24(32)20-7-4-8-21(26(33)31-18-13-16-11-12-28-25(16)30-15-18)23(20)17-9-10-22(29-14-17)34-19-5-2-1-3-6-19;/h1-15H,(H2,27,32)(H,28,30)(H,31,33);1H. The quantitative estimate of drug-likeness (QED) is 0.305. The van der Waals surface area contributed by atoms with Crippen molar-refractivity contribution in [3.8, 4) is 22.8 Å². The lowest BCUT2D eigenvalue weighted by Crippen LogP contribution is -2.18. The van der Waals surface area contributed by atoms with Gasteiger partial charge < -0.3 is 20.8 Å². The fourth-order valence-electron chi connectivity index (χ4n) is 3.66. The van der Waals surface area contributed by atoms with Gasteiger partial charge in [-0.3, -0.25) is 9.59 Å². The van der Waals surface area contributed by atoms with Gasteiger partial charge in [-0.15, -0.1) is 12.4 Å². The maximum atomic E-state index is 13.2. The Balaban J connectivity index is 0.00000289. The first-order chi connectivity index (χ1) is 16.6. The number of hydrogen-bond donors (Lipinski definition) is 3. The van der Waals surface area contributed by atoms with E-state index in [1.807, 2.05) is 42.5 Å². The van der Waals surface area contributed by atoms with Gasteiger partial charge in [-0.1, -0.05) is 24.3 Å². The van der Waals surface area contributed by atoms with E-state index in [0.29, 0.717) is 28.4 Å². The third kappa shape index (κ3) is 4.97. The second-order valence-electron chi connectivity index (χ2n) is 7.49. The number of hydrogen-bond acceptors (Lipinski definition) is 5. The fraction of sp³-hybridized carbons (Fsp3) is 0. The van der Waals surface area contributed by atoms with Crippen LogP contribution < -0.4 is 15.8 Å². The normalized spacial score (nSPS) is 10.4. The number of aromatic amines is 1. The van der Waals surface area contributed by atoms with Crippen molar-refractivity contribution in [1.82, 2.24) is 15.0 Å². The van der Waals surface area contributed by atoms with Crippen molar-refractivity contribution in [2.75, 3.05) is 5.32 Å². The molecule has 4 N–H and O–H groups in total. The first-order valence-electron chi connectivity index (χ1n) is 10.4. The van der Waals surface area contributed by atoms with Gasteiger partial charge in [0.1, 0.15) is 11.4 Å². The van der Waals surface area contributed by atoms with Crippen LogP contribution in [-0.2, 0) is 0 Å². The van der Waals surface area contributed by atoms with Crippen LogP contribution in [0.15, 0.2) is 91.4 Å². The summed E-state index contributed by atoms with van der Waals surface area (Å²) in [5, 5.41) is 3.71. The number of pyridine rings is 2. The molecule has 5 aromatic rings. The van der Waals surface area contributed by atoms with Crippen molar-refractivity contribution in [2.45, 2.75) is 0 Å². The van der Waals surface area contributed by atoms with Gasteiger partial charge in [0.25, 0.3) is 5.91 Å². The molecule has 5 rings (SSSR count). The number of primary amides is 1. The summed E-state index contributed by atoms with van der Waals surface area (Å²) in [7, 11) is 0. The number of para-hydroxylation sites is 1. The highest BCUT2D eigenvalue weighted by Crippen LogP contribution is 2.30. The Morgan fingerprint density at radius 3 is 2.43 bits per heavy atom. The van der Waals surface area contributed by atoms with Crippen LogP contribution in [0.25, 0.3) is 22.2 Å². The van der Waals surface area contributed by atoms with Gasteiger partial charge in [0.2, 0.25) is 11.8 Å². The van der Waals surface area contributed by atoms with E-state index in [1.54, 1.807) is 48.9 Å². The van der Waals surface area contributed by atoms with Gasteiger partial charge in [0, 0.05) is 46.1 Å². The molecule has 0 aliphatic rings. The molecule has 0 radical (unpaired) electrons. The Kier molecular flexibility index (Phi) is 6.75. The van der Waals surface area contributed by atoms with Crippen molar-refractivity contribution in [2.24, 2.45) is 5.73 Å². The number of carbonyl (C=O) groups is 2. The van der Waals surface area contributed by atoms with Crippen LogP contribution in [0.2, 0.25) is 0 Å². The highest BCUT2D eigenvalue weighted by atomic mass is 35.5. The van der Waals surface area contributed by atoms with Crippen molar-refractivity contribution >= 4 is 40.9 Å². The summed E-state index contributed by atoms with van der Waals surface area (Å²) < 4.78 is 5.74. The zero-order valence-electron chi connectivity index (χ0n) is 18.3. The van der Waals surface area contributed by atoms with Crippen LogP contribution in [0.5, 0.6) is 11.6 Å². The van der Waals surface area contributed by atoms with Gasteiger partial charge in [-0.25, -0.2) is 9.97 Å². The lowest BCUT2D eigenvalue weighted by atomic mass is 9.94. The zero-order chi connectivity index (χ0) is 23.5. The zero-order valence-corrected chi connectivity index (χ0v) is 19.1. The second-order valence-corrected chi connectivity index (χ2v) is 7.49. The number of carbonyl (C=O) groups excluding carboxylic acids is 2. The molecule has 2 amide bonds. The molecular weight excluding hydrogens is 466 g/mol. The number of H-pyrrole nitrogens is 1. The summed E-state index contributed by atoms with van der Waals surface area (Å²) >= 11 is 0. The molecule has 3 aromatic heterocycles. The summed E-state index contributed by atoms with van der Waals surface area (Å²) in [4.78, 5) is 37.1. The van der Waals surface area contributed by atoms with Crippen molar-refractivity contribution in [3.63, 3.8) is 0 Å². The van der Waals surface area contributed by atoms with E-state index in [9.17, 15) is 9.59 Å². The van der Waals surface area contributed by atoms with Gasteiger partial charge in [0.15, 0.2) is 0 Å². The molecule has 0 fully saturated rings. The SMILES string of the molecule is Cl.NC(=O)c1cccc(C(=O)Nc2cnc3[nH]ccc3c2)c1-c1ccc(Oc2ccccc2)nc1. The topological polar surface area (TPSA) is 123 Å². The number of aromatic nitrogens is 3. The number of anilines is 1. The van der Waals surface area contributed by atoms with Gasteiger partial charge in [-0.2, -0.15) is 0 Å². The number of rotatable bonds is 6. The van der Waals surface area contributed by atoms with E-state index >= 15 is 0 Å². The number of nitrogens with one attached hydrogen (secondary N) is 2. The molecule has 0 aliphatic carbocycles. The summed E-state index contributed by atoms with van der Waals surface area (Å²) in [6.45, 7) is 0. The number of benzene rings is 2. The van der Waals surface area contributed by atoms with E-state index in [-0.39, 0.29) is 23.5 Å². The molecule has 3 heterocycles. The molecular formula is C26H20ClN5O3. The average molecular weight is 486 g/mol. The van der Waals surface area contributed by atoms with E-state index in [2.05, 4.69) is 20.3 Å². The average Bonchev–Trinajstić information content (AvgIpc) is 3.33. The Bertz CT molecular complexity index is 1500. The molecule has 0 atom stereocenters. The number of fused-ring (bicyclic) bond motifs is 1. The molecule has 9 heteroatoms. The second kappa shape index (κ2) is 10.1.